The molecule has 0 aromatic heterocycles. The molecule has 0 N–H and O–H groups in total. The van der Waals surface area contributed by atoms with Crippen LogP contribution in [0.5, 0.6) is 0 Å². The summed E-state index contributed by atoms with van der Waals surface area (Å²) >= 11 is 12.4. The number of hydrogen-bond donors (Lipinski definition) is 0. The zero-order chi connectivity index (χ0) is 23.8. The van der Waals surface area contributed by atoms with Crippen molar-refractivity contribution in [2.45, 2.75) is 25.3 Å². The fraction of sp³-hybridized carbons (Fsp3) is 0.185. The van der Waals surface area contributed by atoms with Crippen LogP contribution in [0.25, 0.3) is 6.08 Å². The summed E-state index contributed by atoms with van der Waals surface area (Å²) in [7, 11) is 0. The molecule has 172 valence electrons. The van der Waals surface area contributed by atoms with Crippen molar-refractivity contribution in [1.82, 2.24) is 5.01 Å². The molecule has 3 nitrogen and oxygen atoms in total. The molecule has 34 heavy (non-hydrogen) atoms. The minimum atomic E-state index is -0.397. The summed E-state index contributed by atoms with van der Waals surface area (Å²) in [5, 5.41) is 6.94. The Balaban J connectivity index is 1.59. The van der Waals surface area contributed by atoms with Crippen molar-refractivity contribution < 1.29 is 13.6 Å². The molecule has 1 fully saturated rings. The van der Waals surface area contributed by atoms with Gasteiger partial charge in [0.1, 0.15) is 11.6 Å². The van der Waals surface area contributed by atoms with Crippen molar-refractivity contribution in [2.24, 2.45) is 11.0 Å². The van der Waals surface area contributed by atoms with Gasteiger partial charge < -0.3 is 0 Å². The third-order valence-corrected chi connectivity index (χ3v) is 6.84. The first kappa shape index (κ1) is 22.8. The molecule has 1 heterocycles. The summed E-state index contributed by atoms with van der Waals surface area (Å²) < 4.78 is 27.0. The molecular weight excluding hydrogens is 477 g/mol. The number of carbonyl (C=O) groups is 1. The highest BCUT2D eigenvalue weighted by atomic mass is 35.5. The number of allylic oxidation sites excluding steroid dienone is 1. The molecule has 1 saturated carbocycles. The molecule has 1 aliphatic heterocycles. The fourth-order valence-corrected chi connectivity index (χ4v) is 5.20. The highest BCUT2D eigenvalue weighted by molar-refractivity contribution is 6.36. The SMILES string of the molecule is O=C(c1ccc(Cl)cc1Cl)N1N=C2/C(=C/c3ccc(F)cc3)CCCC2C1c1ccc(F)cc1. The molecule has 1 aliphatic carbocycles. The van der Waals surface area contributed by atoms with E-state index in [-0.39, 0.29) is 28.5 Å². The van der Waals surface area contributed by atoms with Crippen LogP contribution in [0.4, 0.5) is 8.78 Å². The maximum Gasteiger partial charge on any atom is 0.276 e. The third kappa shape index (κ3) is 4.38. The van der Waals surface area contributed by atoms with Crippen molar-refractivity contribution in [3.63, 3.8) is 0 Å². The first-order valence-electron chi connectivity index (χ1n) is 11.0. The van der Waals surface area contributed by atoms with Gasteiger partial charge in [-0.15, -0.1) is 0 Å². The van der Waals surface area contributed by atoms with Crippen LogP contribution in [-0.4, -0.2) is 16.6 Å². The first-order chi connectivity index (χ1) is 16.4. The second-order valence-electron chi connectivity index (χ2n) is 8.48. The lowest BCUT2D eigenvalue weighted by molar-refractivity contribution is 0.0681. The van der Waals surface area contributed by atoms with Gasteiger partial charge in [-0.3, -0.25) is 4.79 Å². The van der Waals surface area contributed by atoms with Crippen molar-refractivity contribution in [3.05, 3.63) is 111 Å². The first-order valence-corrected chi connectivity index (χ1v) is 11.8. The molecule has 0 saturated heterocycles. The Morgan fingerprint density at radius 1 is 0.971 bits per heavy atom. The number of amides is 1. The Morgan fingerprint density at radius 2 is 1.65 bits per heavy atom. The van der Waals surface area contributed by atoms with Crippen LogP contribution in [0, 0.1) is 17.6 Å². The maximum absolute atomic E-state index is 13.7. The van der Waals surface area contributed by atoms with Crippen LogP contribution in [-0.2, 0) is 0 Å². The van der Waals surface area contributed by atoms with E-state index in [1.165, 1.54) is 35.3 Å². The van der Waals surface area contributed by atoms with Gasteiger partial charge in [0.2, 0.25) is 0 Å². The predicted molar refractivity (Wildman–Crippen MR) is 131 cm³/mol. The summed E-state index contributed by atoms with van der Waals surface area (Å²) in [4.78, 5) is 13.6. The van der Waals surface area contributed by atoms with Crippen molar-refractivity contribution >= 4 is 40.9 Å². The molecule has 0 radical (unpaired) electrons. The van der Waals surface area contributed by atoms with E-state index in [4.69, 9.17) is 28.3 Å². The minimum absolute atomic E-state index is 0.0547. The number of benzene rings is 3. The van der Waals surface area contributed by atoms with Gasteiger partial charge >= 0.3 is 0 Å². The number of fused-ring (bicyclic) bond motifs is 1. The highest BCUT2D eigenvalue weighted by Crippen LogP contribution is 2.45. The van der Waals surface area contributed by atoms with Crippen molar-refractivity contribution in [3.8, 4) is 0 Å². The monoisotopic (exact) mass is 496 g/mol. The molecule has 5 rings (SSSR count). The molecule has 2 atom stereocenters. The van der Waals surface area contributed by atoms with Gasteiger partial charge in [-0.2, -0.15) is 5.10 Å². The van der Waals surface area contributed by atoms with Gasteiger partial charge in [-0.25, -0.2) is 13.8 Å². The Kier molecular flexibility index (Phi) is 6.24. The highest BCUT2D eigenvalue weighted by Gasteiger charge is 2.44. The van der Waals surface area contributed by atoms with Gasteiger partial charge in [-0.1, -0.05) is 47.5 Å². The Labute approximate surface area is 206 Å². The maximum atomic E-state index is 13.7. The van der Waals surface area contributed by atoms with Crippen molar-refractivity contribution in [2.75, 3.05) is 0 Å². The van der Waals surface area contributed by atoms with E-state index in [0.29, 0.717) is 10.6 Å². The molecule has 2 unspecified atom stereocenters. The zero-order valence-corrected chi connectivity index (χ0v) is 19.5. The van der Waals surface area contributed by atoms with Crippen LogP contribution in [0.2, 0.25) is 10.0 Å². The summed E-state index contributed by atoms with van der Waals surface area (Å²) in [6.45, 7) is 0. The van der Waals surface area contributed by atoms with Gasteiger partial charge in [0.15, 0.2) is 0 Å². The number of nitrogens with zero attached hydrogens (tertiary/aromatic N) is 2. The second-order valence-corrected chi connectivity index (χ2v) is 9.32. The van der Waals surface area contributed by atoms with E-state index in [1.54, 1.807) is 36.4 Å². The normalized spacial score (nSPS) is 20.9. The zero-order valence-electron chi connectivity index (χ0n) is 18.0. The number of carbonyl (C=O) groups excluding carboxylic acids is 1. The van der Waals surface area contributed by atoms with Crippen LogP contribution in [0.1, 0.15) is 46.8 Å². The molecule has 3 aromatic carbocycles. The topological polar surface area (TPSA) is 32.7 Å². The van der Waals surface area contributed by atoms with Gasteiger partial charge in [-0.05, 0) is 84.5 Å². The summed E-state index contributed by atoms with van der Waals surface area (Å²) in [6.07, 6.45) is 4.54. The molecule has 7 heteroatoms. The summed E-state index contributed by atoms with van der Waals surface area (Å²) in [5.74, 6) is -1.04. The van der Waals surface area contributed by atoms with Crippen molar-refractivity contribution in [1.29, 1.82) is 0 Å². The van der Waals surface area contributed by atoms with Crippen LogP contribution in [0.15, 0.2) is 77.4 Å². The number of rotatable bonds is 3. The minimum Gasteiger partial charge on any atom is -0.267 e. The Morgan fingerprint density at radius 3 is 2.32 bits per heavy atom. The van der Waals surface area contributed by atoms with E-state index in [1.807, 2.05) is 6.08 Å². The Hall–Kier alpha value is -3.02. The lowest BCUT2D eigenvalue weighted by Gasteiger charge is -2.29. The van der Waals surface area contributed by atoms with E-state index in [9.17, 15) is 13.6 Å². The number of hydrogen-bond acceptors (Lipinski definition) is 2. The van der Waals surface area contributed by atoms with Crippen LogP contribution < -0.4 is 0 Å². The van der Waals surface area contributed by atoms with Gasteiger partial charge in [0.05, 0.1) is 22.3 Å². The molecule has 1 amide bonds. The molecule has 2 aliphatic rings. The third-order valence-electron chi connectivity index (χ3n) is 6.29. The predicted octanol–water partition coefficient (Wildman–Crippen LogP) is 7.71. The molecule has 0 bridgehead atoms. The summed E-state index contributed by atoms with van der Waals surface area (Å²) in [5.41, 5.74) is 3.79. The quantitative estimate of drug-likeness (QED) is 0.365. The van der Waals surface area contributed by atoms with Crippen LogP contribution >= 0.6 is 23.2 Å². The molecule has 3 aromatic rings. The number of halogens is 4. The van der Waals surface area contributed by atoms with E-state index in [2.05, 4.69) is 0 Å². The fourth-order valence-electron chi connectivity index (χ4n) is 4.71. The number of hydrazone groups is 1. The standard InChI is InChI=1S/C27H20Cl2F2N2O/c28-19-8-13-22(24(29)15-19)27(34)33-26(17-6-11-21(31)12-7-17)23-3-1-2-18(25(23)32-33)14-16-4-9-20(30)10-5-16/h4-15,23,26H,1-3H2/b18-14+. The van der Waals surface area contributed by atoms with Crippen LogP contribution in [0.3, 0.4) is 0 Å². The molecule has 0 spiro atoms. The Bertz CT molecular complexity index is 1300. The largest absolute Gasteiger partial charge is 0.276 e. The van der Waals surface area contributed by atoms with Gasteiger partial charge in [0, 0.05) is 10.9 Å². The average Bonchev–Trinajstić information content (AvgIpc) is 3.21. The lowest BCUT2D eigenvalue weighted by atomic mass is 9.77. The van der Waals surface area contributed by atoms with E-state index < -0.39 is 6.04 Å². The van der Waals surface area contributed by atoms with E-state index >= 15 is 0 Å². The smallest absolute Gasteiger partial charge is 0.267 e. The lowest BCUT2D eigenvalue weighted by Crippen LogP contribution is -2.32. The second kappa shape index (κ2) is 9.32. The van der Waals surface area contributed by atoms with E-state index in [0.717, 1.165) is 41.7 Å². The van der Waals surface area contributed by atoms with Gasteiger partial charge in [0.25, 0.3) is 5.91 Å². The average molecular weight is 497 g/mol. The summed E-state index contributed by atoms with van der Waals surface area (Å²) in [6, 6.07) is 16.8. The molecular formula is C27H20Cl2F2N2O.